The van der Waals surface area contributed by atoms with E-state index in [0.717, 1.165) is 0 Å². The Kier molecular flexibility index (Phi) is 12.1. The molecule has 0 saturated heterocycles. The summed E-state index contributed by atoms with van der Waals surface area (Å²) in [6.45, 7) is 5.42. The van der Waals surface area contributed by atoms with E-state index in [-0.39, 0.29) is 24.1 Å². The maximum atomic E-state index is 10.8. The van der Waals surface area contributed by atoms with Gasteiger partial charge in [-0.05, 0) is 19.9 Å². The van der Waals surface area contributed by atoms with Crippen LogP contribution in [-0.2, 0) is 14.3 Å². The molecule has 0 radical (unpaired) electrons. The van der Waals surface area contributed by atoms with E-state index in [1.165, 1.54) is 12.1 Å². The number of hydrogen-bond donors (Lipinski definition) is 4. The van der Waals surface area contributed by atoms with Crippen LogP contribution in [-0.4, -0.2) is 70.7 Å². The minimum absolute atomic E-state index is 0.0110. The van der Waals surface area contributed by atoms with Gasteiger partial charge < -0.3 is 30.1 Å². The molecule has 4 N–H and O–H groups in total. The van der Waals surface area contributed by atoms with Crippen molar-refractivity contribution >= 4 is 17.6 Å². The molecule has 1 unspecified atom stereocenters. The largest absolute Gasteiger partial charge is 0.484 e. The van der Waals surface area contributed by atoms with E-state index in [0.29, 0.717) is 19.7 Å². The van der Waals surface area contributed by atoms with Crippen LogP contribution in [0.5, 0.6) is 5.75 Å². The first-order valence-electron chi connectivity index (χ1n) is 7.98. The summed E-state index contributed by atoms with van der Waals surface area (Å²) in [6.07, 6.45) is -0.567. The van der Waals surface area contributed by atoms with Gasteiger partial charge in [0.15, 0.2) is 5.75 Å². The Morgan fingerprint density at radius 3 is 2.33 bits per heavy atom. The number of carboxylic acids is 2. The average molecular weight is 388 g/mol. The zero-order valence-corrected chi connectivity index (χ0v) is 15.0. The zero-order chi connectivity index (χ0) is 20.8. The normalized spacial score (nSPS) is 11.3. The fraction of sp³-hybridized carbons (Fsp3) is 0.500. The third kappa shape index (κ3) is 12.3. The van der Waals surface area contributed by atoms with Crippen molar-refractivity contribution < 1.29 is 39.3 Å². The Hall–Kier alpha value is -2.76. The molecule has 0 saturated carbocycles. The molecular weight excluding hydrogens is 364 g/mol. The minimum Gasteiger partial charge on any atom is -0.484 e. The Morgan fingerprint density at radius 1 is 1.22 bits per heavy atom. The number of para-hydroxylation sites is 2. The molecule has 1 atom stereocenters. The maximum Gasteiger partial charge on any atom is 0.414 e. The van der Waals surface area contributed by atoms with Crippen molar-refractivity contribution in [3.8, 4) is 5.75 Å². The molecule has 0 aliphatic heterocycles. The van der Waals surface area contributed by atoms with E-state index in [4.69, 9.17) is 29.3 Å². The fourth-order valence-corrected chi connectivity index (χ4v) is 1.61. The topological polar surface area (TPSA) is 168 Å². The highest BCUT2D eigenvalue weighted by atomic mass is 16.6. The predicted octanol–water partition coefficient (Wildman–Crippen LogP) is 0.505. The van der Waals surface area contributed by atoms with Gasteiger partial charge in [0.05, 0.1) is 17.6 Å². The Bertz CT molecular complexity index is 595. The number of nitro benzene ring substituents is 1. The van der Waals surface area contributed by atoms with Crippen LogP contribution in [0.3, 0.4) is 0 Å². The first-order valence-corrected chi connectivity index (χ1v) is 7.98. The van der Waals surface area contributed by atoms with Gasteiger partial charge in [-0.15, -0.1) is 0 Å². The molecule has 27 heavy (non-hydrogen) atoms. The number of benzene rings is 1. The second kappa shape index (κ2) is 13.4. The number of ether oxygens (including phenoxy) is 2. The van der Waals surface area contributed by atoms with Gasteiger partial charge in [-0.3, -0.25) is 10.1 Å². The lowest BCUT2D eigenvalue weighted by atomic mass is 10.3. The number of aliphatic hydroxyl groups excluding tert-OH is 1. The highest BCUT2D eigenvalue weighted by Crippen LogP contribution is 2.25. The average Bonchev–Trinajstić information content (AvgIpc) is 2.60. The van der Waals surface area contributed by atoms with E-state index in [2.05, 4.69) is 5.32 Å². The van der Waals surface area contributed by atoms with Crippen molar-refractivity contribution in [1.29, 1.82) is 0 Å². The minimum atomic E-state index is -1.82. The van der Waals surface area contributed by atoms with Gasteiger partial charge >= 0.3 is 17.6 Å². The lowest BCUT2D eigenvalue weighted by molar-refractivity contribution is -0.385. The highest BCUT2D eigenvalue weighted by molar-refractivity contribution is 6.27. The molecule has 0 spiro atoms. The molecule has 0 aliphatic carbocycles. The molecule has 11 nitrogen and oxygen atoms in total. The molecule has 0 aliphatic rings. The van der Waals surface area contributed by atoms with Crippen LogP contribution in [0.2, 0.25) is 0 Å². The molecule has 0 bridgehead atoms. The molecule has 1 rings (SSSR count). The molecule has 0 fully saturated rings. The van der Waals surface area contributed by atoms with Gasteiger partial charge in [0.2, 0.25) is 0 Å². The van der Waals surface area contributed by atoms with E-state index in [9.17, 15) is 15.2 Å². The van der Waals surface area contributed by atoms with E-state index >= 15 is 0 Å². The second-order valence-electron chi connectivity index (χ2n) is 5.42. The summed E-state index contributed by atoms with van der Waals surface area (Å²) in [4.78, 5) is 28.5. The molecule has 0 heterocycles. The van der Waals surface area contributed by atoms with Crippen molar-refractivity contribution in [3.63, 3.8) is 0 Å². The molecule has 1 aromatic carbocycles. The van der Waals surface area contributed by atoms with Gasteiger partial charge in [0, 0.05) is 19.2 Å². The third-order valence-corrected chi connectivity index (χ3v) is 2.79. The number of aliphatic hydroxyl groups is 1. The monoisotopic (exact) mass is 388 g/mol. The summed E-state index contributed by atoms with van der Waals surface area (Å²) in [5.74, 6) is -3.49. The van der Waals surface area contributed by atoms with Crippen LogP contribution in [0.15, 0.2) is 24.3 Å². The number of carboxylic acid groups (broad SMARTS) is 2. The first kappa shape index (κ1) is 24.2. The maximum absolute atomic E-state index is 10.8. The Labute approximate surface area is 155 Å². The quantitative estimate of drug-likeness (QED) is 0.192. The van der Waals surface area contributed by atoms with Gasteiger partial charge in [-0.2, -0.15) is 0 Å². The molecule has 1 aromatic rings. The van der Waals surface area contributed by atoms with Crippen molar-refractivity contribution in [3.05, 3.63) is 34.4 Å². The number of nitro groups is 1. The lowest BCUT2D eigenvalue weighted by Crippen LogP contribution is -2.33. The van der Waals surface area contributed by atoms with Gasteiger partial charge in [-0.1, -0.05) is 12.1 Å². The van der Waals surface area contributed by atoms with Crippen molar-refractivity contribution in [2.45, 2.75) is 26.1 Å². The molecule has 152 valence electrons. The molecule has 0 amide bonds. The van der Waals surface area contributed by atoms with Gasteiger partial charge in [0.25, 0.3) is 0 Å². The summed E-state index contributed by atoms with van der Waals surface area (Å²) in [5, 5.41) is 38.4. The molecule has 11 heteroatoms. The van der Waals surface area contributed by atoms with E-state index in [1.54, 1.807) is 12.1 Å². The summed E-state index contributed by atoms with van der Waals surface area (Å²) >= 11 is 0. The SMILES string of the molecule is CC(C)OCCNCC(O)COc1ccccc1[N+](=O)[O-].O=C(O)C(=O)O. The Balaban J connectivity index is 0.000000972. The van der Waals surface area contributed by atoms with Crippen LogP contribution >= 0.6 is 0 Å². The third-order valence-electron chi connectivity index (χ3n) is 2.79. The number of carbonyl (C=O) groups is 2. The van der Waals surface area contributed by atoms with E-state index < -0.39 is 23.0 Å². The summed E-state index contributed by atoms with van der Waals surface area (Å²) < 4.78 is 10.6. The number of rotatable bonds is 10. The van der Waals surface area contributed by atoms with Crippen molar-refractivity contribution in [2.24, 2.45) is 0 Å². The lowest BCUT2D eigenvalue weighted by Gasteiger charge is -2.14. The standard InChI is InChI=1S/C14H22N2O5.C2H2O4/c1-11(2)20-8-7-15-9-12(17)10-21-14-6-4-3-5-13(14)16(18)19;3-1(4)2(5)6/h3-6,11-12,15,17H,7-10H2,1-2H3;(H,3,4)(H,5,6). The van der Waals surface area contributed by atoms with Gasteiger partial charge in [0.1, 0.15) is 12.7 Å². The van der Waals surface area contributed by atoms with Crippen LogP contribution in [0.1, 0.15) is 13.8 Å². The molecular formula is C16H24N2O9. The molecule has 0 aromatic heterocycles. The number of nitrogens with zero attached hydrogens (tertiary/aromatic N) is 1. The summed E-state index contributed by atoms with van der Waals surface area (Å²) in [6, 6.07) is 6.09. The second-order valence-corrected chi connectivity index (χ2v) is 5.42. The predicted molar refractivity (Wildman–Crippen MR) is 93.8 cm³/mol. The highest BCUT2D eigenvalue weighted by Gasteiger charge is 2.15. The zero-order valence-electron chi connectivity index (χ0n) is 15.0. The summed E-state index contributed by atoms with van der Waals surface area (Å²) in [5.41, 5.74) is -0.108. The smallest absolute Gasteiger partial charge is 0.414 e. The number of hydrogen-bond acceptors (Lipinski definition) is 8. The number of nitrogens with one attached hydrogen (secondary N) is 1. The number of aliphatic carboxylic acids is 2. The fourth-order valence-electron chi connectivity index (χ4n) is 1.61. The van der Waals surface area contributed by atoms with Crippen molar-refractivity contribution in [1.82, 2.24) is 5.32 Å². The van der Waals surface area contributed by atoms with Crippen molar-refractivity contribution in [2.75, 3.05) is 26.3 Å². The van der Waals surface area contributed by atoms with Crippen LogP contribution in [0.25, 0.3) is 0 Å². The van der Waals surface area contributed by atoms with Crippen LogP contribution in [0, 0.1) is 10.1 Å². The van der Waals surface area contributed by atoms with E-state index in [1.807, 2.05) is 13.8 Å². The summed E-state index contributed by atoms with van der Waals surface area (Å²) in [7, 11) is 0. The Morgan fingerprint density at radius 2 is 1.81 bits per heavy atom. The van der Waals surface area contributed by atoms with Crippen LogP contribution in [0.4, 0.5) is 5.69 Å². The van der Waals surface area contributed by atoms with Gasteiger partial charge in [-0.25, -0.2) is 9.59 Å². The van der Waals surface area contributed by atoms with Crippen LogP contribution < -0.4 is 10.1 Å². The first-order chi connectivity index (χ1) is 12.6.